The minimum absolute atomic E-state index is 0.0401. The van der Waals surface area contributed by atoms with E-state index >= 15 is 0 Å². The standard InChI is InChI=1S/C19H19NO3S2/c21-19(14-24-18-9-5-2-6-10-18)20(13-16-7-3-1-4-8-16)17-11-12-25(22,23)15-17/h1-12,17H,13-15H2/t17-/m0/s1. The molecule has 6 heteroatoms. The molecule has 3 rings (SSSR count). The molecule has 130 valence electrons. The molecule has 2 aromatic rings. The predicted molar refractivity (Wildman–Crippen MR) is 101 cm³/mol. The first-order valence-corrected chi connectivity index (χ1v) is 10.7. The quantitative estimate of drug-likeness (QED) is 0.730. The molecule has 1 aliphatic heterocycles. The smallest absolute Gasteiger partial charge is 0.233 e. The van der Waals surface area contributed by atoms with Crippen molar-refractivity contribution in [2.75, 3.05) is 11.5 Å². The first-order chi connectivity index (χ1) is 12.0. The lowest BCUT2D eigenvalue weighted by molar-refractivity contribution is -0.130. The predicted octanol–water partition coefficient (Wildman–Crippen LogP) is 3.12. The van der Waals surface area contributed by atoms with Gasteiger partial charge in [-0.05, 0) is 23.8 Å². The lowest BCUT2D eigenvalue weighted by Gasteiger charge is -2.27. The Hall–Kier alpha value is -2.05. The third-order valence-electron chi connectivity index (χ3n) is 3.93. The molecule has 0 radical (unpaired) electrons. The number of thioether (sulfide) groups is 1. The summed E-state index contributed by atoms with van der Waals surface area (Å²) in [6.45, 7) is 0.402. The maximum absolute atomic E-state index is 12.8. The van der Waals surface area contributed by atoms with Crippen molar-refractivity contribution in [1.82, 2.24) is 4.90 Å². The third-order valence-corrected chi connectivity index (χ3v) is 6.31. The van der Waals surface area contributed by atoms with Gasteiger partial charge in [-0.25, -0.2) is 8.42 Å². The van der Waals surface area contributed by atoms with E-state index in [-0.39, 0.29) is 17.4 Å². The van der Waals surface area contributed by atoms with Gasteiger partial charge < -0.3 is 4.90 Å². The van der Waals surface area contributed by atoms with E-state index in [0.717, 1.165) is 10.5 Å². The van der Waals surface area contributed by atoms with Crippen molar-refractivity contribution in [1.29, 1.82) is 0 Å². The van der Waals surface area contributed by atoms with Gasteiger partial charge in [0, 0.05) is 16.8 Å². The lowest BCUT2D eigenvalue weighted by atomic mass is 10.2. The molecule has 1 aliphatic rings. The number of rotatable bonds is 6. The van der Waals surface area contributed by atoms with Gasteiger partial charge in [0.15, 0.2) is 9.84 Å². The van der Waals surface area contributed by atoms with Crippen LogP contribution >= 0.6 is 11.8 Å². The van der Waals surface area contributed by atoms with E-state index in [1.165, 1.54) is 17.2 Å². The van der Waals surface area contributed by atoms with Crippen LogP contribution in [0.3, 0.4) is 0 Å². The summed E-state index contributed by atoms with van der Waals surface area (Å²) in [5, 5.41) is 1.22. The molecular formula is C19H19NO3S2. The SMILES string of the molecule is O=C(CSc1ccccc1)N(Cc1ccccc1)[C@H]1C=CS(=O)(=O)C1. The van der Waals surface area contributed by atoms with E-state index in [1.807, 2.05) is 60.7 Å². The van der Waals surface area contributed by atoms with Crippen LogP contribution in [0.1, 0.15) is 5.56 Å². The van der Waals surface area contributed by atoms with Crippen LogP contribution in [0.2, 0.25) is 0 Å². The van der Waals surface area contributed by atoms with Gasteiger partial charge in [0.1, 0.15) is 0 Å². The van der Waals surface area contributed by atoms with Crippen LogP contribution in [-0.2, 0) is 21.2 Å². The van der Waals surface area contributed by atoms with Crippen molar-refractivity contribution < 1.29 is 13.2 Å². The van der Waals surface area contributed by atoms with Crippen LogP contribution in [0.25, 0.3) is 0 Å². The minimum atomic E-state index is -3.21. The Labute approximate surface area is 152 Å². The van der Waals surface area contributed by atoms with E-state index in [2.05, 4.69) is 0 Å². The Morgan fingerprint density at radius 3 is 2.28 bits per heavy atom. The van der Waals surface area contributed by atoms with Gasteiger partial charge in [-0.15, -0.1) is 11.8 Å². The Morgan fingerprint density at radius 2 is 1.68 bits per heavy atom. The topological polar surface area (TPSA) is 54.5 Å². The average molecular weight is 373 g/mol. The van der Waals surface area contributed by atoms with E-state index in [4.69, 9.17) is 0 Å². The van der Waals surface area contributed by atoms with Crippen molar-refractivity contribution in [2.45, 2.75) is 17.5 Å². The molecule has 0 fully saturated rings. The molecule has 0 N–H and O–H groups in total. The summed E-state index contributed by atoms with van der Waals surface area (Å²) >= 11 is 1.46. The second-order valence-corrected chi connectivity index (χ2v) is 8.81. The molecule has 2 aromatic carbocycles. The van der Waals surface area contributed by atoms with Gasteiger partial charge in [0.2, 0.25) is 5.91 Å². The van der Waals surface area contributed by atoms with Crippen molar-refractivity contribution in [2.24, 2.45) is 0 Å². The van der Waals surface area contributed by atoms with Gasteiger partial charge in [-0.2, -0.15) is 0 Å². The molecular weight excluding hydrogens is 354 g/mol. The molecule has 0 saturated heterocycles. The Kier molecular flexibility index (Phi) is 5.60. The molecule has 1 heterocycles. The van der Waals surface area contributed by atoms with Crippen LogP contribution in [0.15, 0.2) is 77.0 Å². The lowest BCUT2D eigenvalue weighted by Crippen LogP contribution is -2.41. The Bertz CT molecular complexity index is 849. The van der Waals surface area contributed by atoms with Crippen LogP contribution < -0.4 is 0 Å². The normalized spacial score (nSPS) is 18.2. The molecule has 0 bridgehead atoms. The van der Waals surface area contributed by atoms with Gasteiger partial charge in [0.25, 0.3) is 0 Å². The number of carbonyl (C=O) groups excluding carboxylic acids is 1. The number of nitrogens with zero attached hydrogens (tertiary/aromatic N) is 1. The van der Waals surface area contributed by atoms with Crippen LogP contribution in [0.5, 0.6) is 0 Å². The van der Waals surface area contributed by atoms with E-state index < -0.39 is 15.9 Å². The second-order valence-electron chi connectivity index (χ2n) is 5.83. The number of hydrogen-bond acceptors (Lipinski definition) is 4. The average Bonchev–Trinajstić information content (AvgIpc) is 2.99. The highest BCUT2D eigenvalue weighted by Crippen LogP contribution is 2.22. The number of carbonyl (C=O) groups is 1. The summed E-state index contributed by atoms with van der Waals surface area (Å²) in [5.74, 6) is 0.174. The van der Waals surface area contributed by atoms with Crippen LogP contribution in [0, 0.1) is 0 Å². The molecule has 4 nitrogen and oxygen atoms in total. The molecule has 1 amide bonds. The highest BCUT2D eigenvalue weighted by molar-refractivity contribution is 8.00. The van der Waals surface area contributed by atoms with Crippen molar-refractivity contribution in [3.05, 3.63) is 77.7 Å². The maximum atomic E-state index is 12.8. The van der Waals surface area contributed by atoms with E-state index in [0.29, 0.717) is 6.54 Å². The van der Waals surface area contributed by atoms with Crippen molar-refractivity contribution >= 4 is 27.5 Å². The van der Waals surface area contributed by atoms with Crippen molar-refractivity contribution in [3.8, 4) is 0 Å². The first kappa shape index (κ1) is 17.8. The van der Waals surface area contributed by atoms with Gasteiger partial charge in [0.05, 0.1) is 17.5 Å². The van der Waals surface area contributed by atoms with Crippen molar-refractivity contribution in [3.63, 3.8) is 0 Å². The number of hydrogen-bond donors (Lipinski definition) is 0. The van der Waals surface area contributed by atoms with Gasteiger partial charge in [-0.3, -0.25) is 4.79 Å². The summed E-state index contributed by atoms with van der Waals surface area (Å²) in [5.41, 5.74) is 0.984. The Morgan fingerprint density at radius 1 is 1.04 bits per heavy atom. The molecule has 0 unspecified atom stereocenters. The minimum Gasteiger partial charge on any atom is -0.330 e. The van der Waals surface area contributed by atoms with Gasteiger partial charge >= 0.3 is 0 Å². The second kappa shape index (κ2) is 7.89. The fourth-order valence-electron chi connectivity index (χ4n) is 2.67. The van der Waals surface area contributed by atoms with Crippen LogP contribution in [-0.4, -0.2) is 36.8 Å². The number of amides is 1. The molecule has 1 atom stereocenters. The zero-order valence-electron chi connectivity index (χ0n) is 13.6. The first-order valence-electron chi connectivity index (χ1n) is 7.96. The molecule has 0 saturated carbocycles. The molecule has 0 aliphatic carbocycles. The fourth-order valence-corrected chi connectivity index (χ4v) is 4.77. The van der Waals surface area contributed by atoms with E-state index in [9.17, 15) is 13.2 Å². The van der Waals surface area contributed by atoms with Crippen LogP contribution in [0.4, 0.5) is 0 Å². The van der Waals surface area contributed by atoms with Gasteiger partial charge in [-0.1, -0.05) is 48.5 Å². The zero-order valence-corrected chi connectivity index (χ0v) is 15.2. The summed E-state index contributed by atoms with van der Waals surface area (Å²) in [6, 6.07) is 18.9. The third kappa shape index (κ3) is 4.96. The van der Waals surface area contributed by atoms with E-state index in [1.54, 1.807) is 11.0 Å². The highest BCUT2D eigenvalue weighted by atomic mass is 32.2. The fraction of sp³-hybridized carbons (Fsp3) is 0.211. The zero-order chi connectivity index (χ0) is 17.7. The summed E-state index contributed by atoms with van der Waals surface area (Å²) in [6.07, 6.45) is 1.61. The Balaban J connectivity index is 1.73. The monoisotopic (exact) mass is 373 g/mol. The summed E-state index contributed by atoms with van der Waals surface area (Å²) < 4.78 is 23.5. The maximum Gasteiger partial charge on any atom is 0.233 e. The largest absolute Gasteiger partial charge is 0.330 e. The molecule has 0 spiro atoms. The summed E-state index contributed by atoms with van der Waals surface area (Å²) in [4.78, 5) is 15.5. The molecule has 25 heavy (non-hydrogen) atoms. The number of benzene rings is 2. The summed E-state index contributed by atoms with van der Waals surface area (Å²) in [7, 11) is -3.21. The number of sulfone groups is 1. The highest BCUT2D eigenvalue weighted by Gasteiger charge is 2.30. The molecule has 0 aromatic heterocycles.